The second-order valence-corrected chi connectivity index (χ2v) is 6.91. The largest absolute Gasteiger partial charge is 0.390 e. The van der Waals surface area contributed by atoms with Crippen LogP contribution in [-0.2, 0) is 16.4 Å². The van der Waals surface area contributed by atoms with Gasteiger partial charge in [-0.3, -0.25) is 4.90 Å². The summed E-state index contributed by atoms with van der Waals surface area (Å²) >= 11 is 0. The number of hydrogen-bond acceptors (Lipinski definition) is 4. The van der Waals surface area contributed by atoms with Gasteiger partial charge in [-0.25, -0.2) is 8.42 Å². The highest BCUT2D eigenvalue weighted by Gasteiger charge is 2.39. The summed E-state index contributed by atoms with van der Waals surface area (Å²) in [7, 11) is -3.08. The van der Waals surface area contributed by atoms with Gasteiger partial charge in [0.2, 0.25) is 0 Å². The van der Waals surface area contributed by atoms with Gasteiger partial charge in [0, 0.05) is 6.54 Å². The van der Waals surface area contributed by atoms with Gasteiger partial charge in [0.05, 0.1) is 23.7 Å². The van der Waals surface area contributed by atoms with Crippen LogP contribution in [0.3, 0.4) is 0 Å². The van der Waals surface area contributed by atoms with Crippen LogP contribution in [0, 0.1) is 0 Å². The number of rotatable bonds is 4. The van der Waals surface area contributed by atoms with Crippen LogP contribution in [0.1, 0.15) is 12.5 Å². The van der Waals surface area contributed by atoms with E-state index in [-0.39, 0.29) is 17.5 Å². The minimum Gasteiger partial charge on any atom is -0.390 e. The summed E-state index contributed by atoms with van der Waals surface area (Å²) in [4.78, 5) is 2.03. The van der Waals surface area contributed by atoms with E-state index in [2.05, 4.69) is 0 Å². The first-order chi connectivity index (χ1) is 8.52. The summed E-state index contributed by atoms with van der Waals surface area (Å²) in [6.07, 6.45) is -0.765. The van der Waals surface area contributed by atoms with E-state index in [1.165, 1.54) is 0 Å². The second kappa shape index (κ2) is 5.38. The van der Waals surface area contributed by atoms with Gasteiger partial charge in [0.25, 0.3) is 0 Å². The maximum absolute atomic E-state index is 11.5. The molecule has 4 nitrogen and oxygen atoms in total. The smallest absolute Gasteiger partial charge is 0.154 e. The molecule has 0 amide bonds. The van der Waals surface area contributed by atoms with Crippen LogP contribution < -0.4 is 0 Å². The number of sulfone groups is 1. The molecule has 0 spiro atoms. The molecule has 0 aliphatic carbocycles. The molecule has 1 heterocycles. The minimum absolute atomic E-state index is 0.0643. The Labute approximate surface area is 108 Å². The predicted molar refractivity (Wildman–Crippen MR) is 71.0 cm³/mol. The van der Waals surface area contributed by atoms with Gasteiger partial charge in [0.15, 0.2) is 9.84 Å². The highest BCUT2D eigenvalue weighted by atomic mass is 32.2. The zero-order valence-electron chi connectivity index (χ0n) is 10.5. The molecule has 1 N–H and O–H groups in total. The van der Waals surface area contributed by atoms with Crippen LogP contribution >= 0.6 is 0 Å². The zero-order chi connectivity index (χ0) is 13.2. The minimum atomic E-state index is -3.08. The molecular weight excluding hydrogens is 250 g/mol. The summed E-state index contributed by atoms with van der Waals surface area (Å²) in [5.74, 6) is -0.0439. The average Bonchev–Trinajstić information content (AvgIpc) is 2.61. The topological polar surface area (TPSA) is 57.6 Å². The number of aliphatic hydroxyl groups excluding tert-OH is 1. The van der Waals surface area contributed by atoms with E-state index >= 15 is 0 Å². The normalized spacial score (nSPS) is 26.6. The third-order valence-corrected chi connectivity index (χ3v) is 5.10. The van der Waals surface area contributed by atoms with E-state index in [4.69, 9.17) is 0 Å². The first kappa shape index (κ1) is 13.5. The third-order valence-electron chi connectivity index (χ3n) is 3.40. The van der Waals surface area contributed by atoms with Crippen LogP contribution in [-0.4, -0.2) is 48.6 Å². The van der Waals surface area contributed by atoms with Gasteiger partial charge in [-0.2, -0.15) is 0 Å². The van der Waals surface area contributed by atoms with Gasteiger partial charge in [0.1, 0.15) is 0 Å². The summed E-state index contributed by atoms with van der Waals surface area (Å²) < 4.78 is 23.1. The highest BCUT2D eigenvalue weighted by Crippen LogP contribution is 2.20. The first-order valence-corrected chi connectivity index (χ1v) is 8.00. The molecule has 0 radical (unpaired) electrons. The van der Waals surface area contributed by atoms with Crippen LogP contribution in [0.5, 0.6) is 0 Å². The molecule has 18 heavy (non-hydrogen) atoms. The second-order valence-electron chi connectivity index (χ2n) is 4.76. The van der Waals surface area contributed by atoms with Crippen molar-refractivity contribution in [1.29, 1.82) is 0 Å². The Kier molecular flexibility index (Phi) is 4.04. The molecule has 1 saturated heterocycles. The van der Waals surface area contributed by atoms with Crippen molar-refractivity contribution in [1.82, 2.24) is 4.90 Å². The van der Waals surface area contributed by atoms with E-state index in [1.807, 2.05) is 42.2 Å². The SMILES string of the molecule is CCN(Cc1ccccc1)[C@H]1CS(=O)(=O)C[C@@H]1O. The number of nitrogens with zero attached hydrogens (tertiary/aromatic N) is 1. The van der Waals surface area contributed by atoms with Crippen molar-refractivity contribution in [2.24, 2.45) is 0 Å². The van der Waals surface area contributed by atoms with E-state index in [0.717, 1.165) is 12.1 Å². The molecule has 0 unspecified atom stereocenters. The van der Waals surface area contributed by atoms with E-state index in [1.54, 1.807) is 0 Å². The van der Waals surface area contributed by atoms with Gasteiger partial charge in [-0.15, -0.1) is 0 Å². The molecule has 1 aliphatic rings. The molecule has 1 aromatic rings. The van der Waals surface area contributed by atoms with E-state index in [9.17, 15) is 13.5 Å². The monoisotopic (exact) mass is 269 g/mol. The number of hydrogen-bond donors (Lipinski definition) is 1. The number of benzene rings is 1. The maximum atomic E-state index is 11.5. The Hall–Kier alpha value is -0.910. The predicted octanol–water partition coefficient (Wildman–Crippen LogP) is 0.666. The molecule has 1 aromatic carbocycles. The Morgan fingerprint density at radius 2 is 1.94 bits per heavy atom. The molecule has 1 fully saturated rings. The van der Waals surface area contributed by atoms with Crippen LogP contribution in [0.15, 0.2) is 30.3 Å². The van der Waals surface area contributed by atoms with Crippen molar-refractivity contribution < 1.29 is 13.5 Å². The fourth-order valence-corrected chi connectivity index (χ4v) is 4.27. The van der Waals surface area contributed by atoms with Crippen molar-refractivity contribution >= 4 is 9.84 Å². The molecule has 2 atom stereocenters. The molecule has 0 saturated carbocycles. The Morgan fingerprint density at radius 3 is 2.44 bits per heavy atom. The van der Waals surface area contributed by atoms with Gasteiger partial charge < -0.3 is 5.11 Å². The Bertz CT molecular complexity index is 486. The van der Waals surface area contributed by atoms with Crippen LogP contribution in [0.4, 0.5) is 0 Å². The van der Waals surface area contributed by atoms with E-state index in [0.29, 0.717) is 6.54 Å². The lowest BCUT2D eigenvalue weighted by atomic mass is 10.1. The number of likely N-dealkylation sites (N-methyl/N-ethyl adjacent to an activating group) is 1. The lowest BCUT2D eigenvalue weighted by Gasteiger charge is -2.28. The number of aliphatic hydroxyl groups is 1. The molecule has 100 valence electrons. The lowest BCUT2D eigenvalue weighted by Crippen LogP contribution is -2.42. The highest BCUT2D eigenvalue weighted by molar-refractivity contribution is 7.91. The van der Waals surface area contributed by atoms with Gasteiger partial charge in [-0.05, 0) is 12.1 Å². The molecule has 0 bridgehead atoms. The molecule has 1 aliphatic heterocycles. The van der Waals surface area contributed by atoms with Crippen LogP contribution in [0.2, 0.25) is 0 Å². The molecule has 5 heteroatoms. The third kappa shape index (κ3) is 3.10. The molecule has 2 rings (SSSR count). The fraction of sp³-hybridized carbons (Fsp3) is 0.538. The molecule has 0 aromatic heterocycles. The Balaban J connectivity index is 2.10. The van der Waals surface area contributed by atoms with Crippen LogP contribution in [0.25, 0.3) is 0 Å². The zero-order valence-corrected chi connectivity index (χ0v) is 11.3. The summed E-state index contributed by atoms with van der Waals surface area (Å²) in [5.41, 5.74) is 1.14. The standard InChI is InChI=1S/C13H19NO3S/c1-2-14(8-11-6-4-3-5-7-11)12-9-18(16,17)10-13(12)15/h3-7,12-13,15H,2,8-10H2,1H3/t12-,13-/m0/s1. The molecular formula is C13H19NO3S. The summed E-state index contributed by atoms with van der Waals surface area (Å²) in [5, 5.41) is 9.88. The van der Waals surface area contributed by atoms with Crippen molar-refractivity contribution in [3.8, 4) is 0 Å². The fourth-order valence-electron chi connectivity index (χ4n) is 2.44. The quantitative estimate of drug-likeness (QED) is 0.872. The average molecular weight is 269 g/mol. The Morgan fingerprint density at radius 1 is 1.28 bits per heavy atom. The van der Waals surface area contributed by atoms with Crippen molar-refractivity contribution in [2.75, 3.05) is 18.1 Å². The van der Waals surface area contributed by atoms with Gasteiger partial charge >= 0.3 is 0 Å². The maximum Gasteiger partial charge on any atom is 0.154 e. The first-order valence-electron chi connectivity index (χ1n) is 6.18. The lowest BCUT2D eigenvalue weighted by molar-refractivity contribution is 0.0819. The summed E-state index contributed by atoms with van der Waals surface area (Å²) in [6.45, 7) is 3.39. The van der Waals surface area contributed by atoms with E-state index < -0.39 is 15.9 Å². The van der Waals surface area contributed by atoms with Crippen molar-refractivity contribution in [3.05, 3.63) is 35.9 Å². The van der Waals surface area contributed by atoms with Crippen molar-refractivity contribution in [3.63, 3.8) is 0 Å². The summed E-state index contributed by atoms with van der Waals surface area (Å²) in [6, 6.07) is 9.63. The van der Waals surface area contributed by atoms with Crippen molar-refractivity contribution in [2.45, 2.75) is 25.6 Å². The van der Waals surface area contributed by atoms with Gasteiger partial charge in [-0.1, -0.05) is 37.3 Å².